The quantitative estimate of drug-likeness (QED) is 0.813. The lowest BCUT2D eigenvalue weighted by Gasteiger charge is -1.99. The number of carbonyl (C=O) groups is 1. The molecule has 1 aromatic heterocycles. The van der Waals surface area contributed by atoms with E-state index in [9.17, 15) is 4.79 Å². The Bertz CT molecular complexity index is 519. The monoisotopic (exact) mass is 235 g/mol. The van der Waals surface area contributed by atoms with Gasteiger partial charge >= 0.3 is 5.97 Å². The summed E-state index contributed by atoms with van der Waals surface area (Å²) in [5.74, 6) is -0.390. The van der Waals surface area contributed by atoms with Crippen LogP contribution in [0.5, 0.6) is 0 Å². The van der Waals surface area contributed by atoms with Crippen molar-refractivity contribution in [3.8, 4) is 11.1 Å². The molecule has 0 saturated heterocycles. The molecule has 0 unspecified atom stereocenters. The van der Waals surface area contributed by atoms with Crippen LogP contribution in [0.4, 0.5) is 0 Å². The van der Waals surface area contributed by atoms with Crippen LogP contribution in [0.3, 0.4) is 0 Å². The summed E-state index contributed by atoms with van der Waals surface area (Å²) in [6, 6.07) is 9.17. The van der Waals surface area contributed by atoms with Crippen LogP contribution in [0.25, 0.3) is 11.1 Å². The molecule has 0 aliphatic heterocycles. The highest BCUT2D eigenvalue weighted by Gasteiger charge is 2.10. The molecule has 2 aromatic rings. The summed E-state index contributed by atoms with van der Waals surface area (Å²) in [6.45, 7) is 0. The molecule has 0 saturated carbocycles. The van der Waals surface area contributed by atoms with Crippen molar-refractivity contribution in [3.05, 3.63) is 47.2 Å². The van der Waals surface area contributed by atoms with Gasteiger partial charge < -0.3 is 9.72 Å². The molecule has 0 bridgehead atoms. The molecular weight excluding hydrogens is 226 g/mol. The molecule has 16 heavy (non-hydrogen) atoms. The molecule has 1 aromatic carbocycles. The van der Waals surface area contributed by atoms with Crippen LogP contribution in [0, 0.1) is 0 Å². The summed E-state index contributed by atoms with van der Waals surface area (Å²) in [7, 11) is 1.35. The number of carbonyl (C=O) groups excluding carboxylic acids is 1. The fourth-order valence-electron chi connectivity index (χ4n) is 1.47. The highest BCUT2D eigenvalue weighted by Crippen LogP contribution is 2.27. The van der Waals surface area contributed by atoms with Gasteiger partial charge in [-0.1, -0.05) is 29.8 Å². The van der Waals surface area contributed by atoms with Gasteiger partial charge in [-0.15, -0.1) is 0 Å². The second-order valence-electron chi connectivity index (χ2n) is 3.27. The van der Waals surface area contributed by atoms with Crippen LogP contribution >= 0.6 is 11.6 Å². The SMILES string of the molecule is COC(=O)c1cc(-c2ccccc2Cl)c[nH]1. The Morgan fingerprint density at radius 3 is 2.81 bits per heavy atom. The third-order valence-electron chi connectivity index (χ3n) is 2.27. The lowest BCUT2D eigenvalue weighted by Crippen LogP contribution is -2.00. The zero-order valence-electron chi connectivity index (χ0n) is 8.66. The van der Waals surface area contributed by atoms with E-state index >= 15 is 0 Å². The van der Waals surface area contributed by atoms with Crippen LogP contribution in [0.1, 0.15) is 10.5 Å². The minimum atomic E-state index is -0.390. The first-order valence-electron chi connectivity index (χ1n) is 4.74. The maximum Gasteiger partial charge on any atom is 0.354 e. The van der Waals surface area contributed by atoms with E-state index in [4.69, 9.17) is 11.6 Å². The van der Waals surface area contributed by atoms with Crippen LogP contribution in [-0.4, -0.2) is 18.1 Å². The van der Waals surface area contributed by atoms with Gasteiger partial charge in [-0.3, -0.25) is 0 Å². The van der Waals surface area contributed by atoms with Gasteiger partial charge in [0.15, 0.2) is 0 Å². The number of methoxy groups -OCH3 is 1. The molecular formula is C12H10ClNO2. The van der Waals surface area contributed by atoms with Crippen molar-refractivity contribution in [2.75, 3.05) is 7.11 Å². The van der Waals surface area contributed by atoms with Crippen molar-refractivity contribution in [1.82, 2.24) is 4.98 Å². The Labute approximate surface area is 98.0 Å². The van der Waals surface area contributed by atoms with E-state index in [1.165, 1.54) is 7.11 Å². The molecule has 1 N–H and O–H groups in total. The van der Waals surface area contributed by atoms with Crippen molar-refractivity contribution in [2.45, 2.75) is 0 Å². The standard InChI is InChI=1S/C12H10ClNO2/c1-16-12(15)11-6-8(7-14-11)9-4-2-3-5-10(9)13/h2-7,14H,1H3. The Hall–Kier alpha value is -1.74. The first kappa shape index (κ1) is 10.8. The van der Waals surface area contributed by atoms with Gasteiger partial charge in [0.25, 0.3) is 0 Å². The second-order valence-corrected chi connectivity index (χ2v) is 3.68. The van der Waals surface area contributed by atoms with E-state index < -0.39 is 5.97 Å². The van der Waals surface area contributed by atoms with Crippen LogP contribution < -0.4 is 0 Å². The van der Waals surface area contributed by atoms with Crippen molar-refractivity contribution in [2.24, 2.45) is 0 Å². The van der Waals surface area contributed by atoms with Crippen LogP contribution in [0.15, 0.2) is 36.5 Å². The Balaban J connectivity index is 2.39. The number of H-pyrrole nitrogens is 1. The van der Waals surface area contributed by atoms with Gasteiger partial charge in [0.1, 0.15) is 5.69 Å². The molecule has 4 heteroatoms. The van der Waals surface area contributed by atoms with Gasteiger partial charge in [0.05, 0.1) is 7.11 Å². The number of hydrogen-bond acceptors (Lipinski definition) is 2. The summed E-state index contributed by atoms with van der Waals surface area (Å²) in [5.41, 5.74) is 2.17. The molecule has 82 valence electrons. The first-order valence-corrected chi connectivity index (χ1v) is 5.12. The summed E-state index contributed by atoms with van der Waals surface area (Å²) in [5, 5.41) is 0.651. The maximum atomic E-state index is 11.3. The number of hydrogen-bond donors (Lipinski definition) is 1. The average Bonchev–Trinajstić information content (AvgIpc) is 2.78. The van der Waals surface area contributed by atoms with Gasteiger partial charge in [0.2, 0.25) is 0 Å². The predicted octanol–water partition coefficient (Wildman–Crippen LogP) is 3.12. The van der Waals surface area contributed by atoms with E-state index in [-0.39, 0.29) is 0 Å². The van der Waals surface area contributed by atoms with E-state index in [1.807, 2.05) is 24.3 Å². The van der Waals surface area contributed by atoms with E-state index in [0.29, 0.717) is 10.7 Å². The lowest BCUT2D eigenvalue weighted by molar-refractivity contribution is 0.0595. The van der Waals surface area contributed by atoms with Crippen molar-refractivity contribution in [1.29, 1.82) is 0 Å². The third kappa shape index (κ3) is 1.95. The largest absolute Gasteiger partial charge is 0.464 e. The molecule has 0 aliphatic rings. The molecule has 0 aliphatic carbocycles. The highest BCUT2D eigenvalue weighted by atomic mass is 35.5. The van der Waals surface area contributed by atoms with E-state index in [0.717, 1.165) is 11.1 Å². The first-order chi connectivity index (χ1) is 7.72. The number of rotatable bonds is 2. The molecule has 1 heterocycles. The third-order valence-corrected chi connectivity index (χ3v) is 2.60. The minimum absolute atomic E-state index is 0.390. The van der Waals surface area contributed by atoms with Crippen molar-refractivity contribution < 1.29 is 9.53 Å². The van der Waals surface area contributed by atoms with Crippen LogP contribution in [0.2, 0.25) is 5.02 Å². The van der Waals surface area contributed by atoms with Crippen LogP contribution in [-0.2, 0) is 4.74 Å². The fraction of sp³-hybridized carbons (Fsp3) is 0.0833. The summed E-state index contributed by atoms with van der Waals surface area (Å²) in [6.07, 6.45) is 1.73. The molecule has 0 fully saturated rings. The molecule has 0 atom stereocenters. The minimum Gasteiger partial charge on any atom is -0.464 e. The Morgan fingerprint density at radius 1 is 1.38 bits per heavy atom. The number of halogens is 1. The predicted molar refractivity (Wildman–Crippen MR) is 62.6 cm³/mol. The second kappa shape index (κ2) is 4.41. The normalized spacial score (nSPS) is 10.1. The Morgan fingerprint density at radius 2 is 2.12 bits per heavy atom. The van der Waals surface area contributed by atoms with E-state index in [1.54, 1.807) is 12.3 Å². The van der Waals surface area contributed by atoms with Gasteiger partial charge in [-0.25, -0.2) is 4.79 Å². The smallest absolute Gasteiger partial charge is 0.354 e. The zero-order chi connectivity index (χ0) is 11.5. The van der Waals surface area contributed by atoms with Gasteiger partial charge in [-0.05, 0) is 12.1 Å². The summed E-state index contributed by atoms with van der Waals surface area (Å²) < 4.78 is 4.61. The molecule has 3 nitrogen and oxygen atoms in total. The molecule has 0 radical (unpaired) electrons. The summed E-state index contributed by atoms with van der Waals surface area (Å²) >= 11 is 6.05. The van der Waals surface area contributed by atoms with E-state index in [2.05, 4.69) is 9.72 Å². The number of benzene rings is 1. The lowest BCUT2D eigenvalue weighted by atomic mass is 10.1. The Kier molecular flexibility index (Phi) is 2.97. The molecule has 0 amide bonds. The average molecular weight is 236 g/mol. The number of ether oxygens (including phenoxy) is 1. The van der Waals surface area contributed by atoms with Crippen molar-refractivity contribution >= 4 is 17.6 Å². The zero-order valence-corrected chi connectivity index (χ0v) is 9.41. The topological polar surface area (TPSA) is 42.1 Å². The number of esters is 1. The maximum absolute atomic E-state index is 11.3. The van der Waals surface area contributed by atoms with Gasteiger partial charge in [0, 0.05) is 22.3 Å². The van der Waals surface area contributed by atoms with Crippen molar-refractivity contribution in [3.63, 3.8) is 0 Å². The molecule has 2 rings (SSSR count). The summed E-state index contributed by atoms with van der Waals surface area (Å²) in [4.78, 5) is 14.1. The number of nitrogens with one attached hydrogen (secondary N) is 1. The molecule has 0 spiro atoms. The number of aromatic nitrogens is 1. The number of aromatic amines is 1. The fourth-order valence-corrected chi connectivity index (χ4v) is 1.72. The van der Waals surface area contributed by atoms with Gasteiger partial charge in [-0.2, -0.15) is 0 Å². The highest BCUT2D eigenvalue weighted by molar-refractivity contribution is 6.33.